The number of benzene rings is 2. The molecule has 0 aliphatic carbocycles. The van der Waals surface area contributed by atoms with Crippen molar-refractivity contribution in [1.29, 1.82) is 0 Å². The molecule has 0 unspecified atom stereocenters. The van der Waals surface area contributed by atoms with Gasteiger partial charge in [-0.15, -0.1) is 0 Å². The van der Waals surface area contributed by atoms with E-state index in [9.17, 15) is 9.90 Å². The number of rotatable bonds is 9. The highest BCUT2D eigenvalue weighted by Gasteiger charge is 2.31. The number of likely N-dealkylation sites (tertiary alicyclic amines) is 1. The molecule has 9 nitrogen and oxygen atoms in total. The number of nitrogens with one attached hydrogen (secondary N) is 1. The van der Waals surface area contributed by atoms with Crippen LogP contribution in [-0.2, 0) is 4.79 Å². The number of ether oxygens (including phenoxy) is 2. The monoisotopic (exact) mass is 511 g/mol. The summed E-state index contributed by atoms with van der Waals surface area (Å²) in [6.45, 7) is 9.02. The van der Waals surface area contributed by atoms with Crippen molar-refractivity contribution in [1.82, 2.24) is 19.5 Å². The molecule has 0 bridgehead atoms. The lowest BCUT2D eigenvalue weighted by Crippen LogP contribution is -2.34. The van der Waals surface area contributed by atoms with Crippen molar-refractivity contribution in [2.75, 3.05) is 26.1 Å². The zero-order valence-corrected chi connectivity index (χ0v) is 21.3. The van der Waals surface area contributed by atoms with Crippen molar-refractivity contribution in [2.45, 2.75) is 18.9 Å². The van der Waals surface area contributed by atoms with Crippen LogP contribution in [0, 0.1) is 0 Å². The Bertz CT molecular complexity index is 1530. The van der Waals surface area contributed by atoms with Gasteiger partial charge in [0.05, 0.1) is 25.6 Å². The molecule has 0 saturated carbocycles. The Morgan fingerprint density at radius 3 is 2.53 bits per heavy atom. The van der Waals surface area contributed by atoms with Gasteiger partial charge >= 0.3 is 5.97 Å². The van der Waals surface area contributed by atoms with Crippen LogP contribution in [0.1, 0.15) is 24.1 Å². The summed E-state index contributed by atoms with van der Waals surface area (Å²) in [5.74, 6) is 0.467. The summed E-state index contributed by atoms with van der Waals surface area (Å²) < 4.78 is 12.6. The number of hydrogen-bond donors (Lipinski definition) is 2. The van der Waals surface area contributed by atoms with Crippen LogP contribution in [0.15, 0.2) is 74.0 Å². The molecule has 0 spiro atoms. The smallest absolute Gasteiger partial charge is 0.326 e. The lowest BCUT2D eigenvalue weighted by atomic mass is 10.1. The number of carboxylic acid groups (broad SMARTS) is 1. The van der Waals surface area contributed by atoms with Crippen molar-refractivity contribution in [3.05, 3.63) is 85.2 Å². The average Bonchev–Trinajstić information content (AvgIpc) is 3.60. The van der Waals surface area contributed by atoms with E-state index in [-0.39, 0.29) is 0 Å². The second-order valence-electron chi connectivity index (χ2n) is 9.02. The van der Waals surface area contributed by atoms with Gasteiger partial charge in [0.25, 0.3) is 0 Å². The first kappa shape index (κ1) is 24.9. The molecule has 1 aliphatic rings. The number of nitrogens with zero attached hydrogens (tertiary/aromatic N) is 4. The van der Waals surface area contributed by atoms with E-state index in [1.54, 1.807) is 24.9 Å². The number of anilines is 1. The zero-order chi connectivity index (χ0) is 26.8. The highest BCUT2D eigenvalue weighted by Crippen LogP contribution is 2.33. The molecule has 2 aromatic heterocycles. The lowest BCUT2D eigenvalue weighted by molar-refractivity contribution is -0.141. The van der Waals surface area contributed by atoms with E-state index in [2.05, 4.69) is 23.5 Å². The molecule has 4 aromatic rings. The van der Waals surface area contributed by atoms with E-state index in [1.165, 1.54) is 0 Å². The first-order valence-corrected chi connectivity index (χ1v) is 12.2. The third-order valence-corrected chi connectivity index (χ3v) is 6.74. The Balaban J connectivity index is 1.35. The third-order valence-electron chi connectivity index (χ3n) is 6.74. The number of aliphatic carboxylic acids is 1. The number of carbonyl (C=O) groups is 1. The quantitative estimate of drug-likeness (QED) is 0.323. The second kappa shape index (κ2) is 10.3. The molecule has 1 atom stereocenters. The van der Waals surface area contributed by atoms with Gasteiger partial charge in [-0.2, -0.15) is 5.10 Å². The minimum Gasteiger partial charge on any atom is -0.493 e. The number of fused-ring (bicyclic) bond motifs is 1. The van der Waals surface area contributed by atoms with Gasteiger partial charge in [0.1, 0.15) is 11.7 Å². The molecule has 2 N–H and O–H groups in total. The van der Waals surface area contributed by atoms with Crippen LogP contribution in [0.2, 0.25) is 0 Å². The van der Waals surface area contributed by atoms with Gasteiger partial charge in [0, 0.05) is 35.8 Å². The lowest BCUT2D eigenvalue weighted by Gasteiger charge is -2.26. The summed E-state index contributed by atoms with van der Waals surface area (Å²) in [7, 11) is 3.21. The first-order chi connectivity index (χ1) is 18.4. The van der Waals surface area contributed by atoms with E-state index < -0.39 is 12.0 Å². The highest BCUT2D eigenvalue weighted by atomic mass is 16.5. The fourth-order valence-electron chi connectivity index (χ4n) is 4.75. The van der Waals surface area contributed by atoms with Crippen LogP contribution in [0.3, 0.4) is 0 Å². The standard InChI is InChI=1S/C29H29N5O4/c1-18(31-22-10-7-20(8-11-22)19(2)33-15-5-6-25(33)29(35)36)23-17-28-30-14-13-24(34(28)32-23)21-9-12-26(37-3)27(16-21)38-4/h7-14,16-17,25,31H,1-2,5-6,15H2,3-4H3,(H,35,36)/t25-/m0/s1. The Morgan fingerprint density at radius 2 is 1.82 bits per heavy atom. The molecule has 2 aromatic carbocycles. The Hall–Kier alpha value is -4.79. The topological polar surface area (TPSA) is 101 Å². The van der Waals surface area contributed by atoms with E-state index in [0.717, 1.165) is 34.6 Å². The van der Waals surface area contributed by atoms with Crippen LogP contribution in [0.4, 0.5) is 5.69 Å². The van der Waals surface area contributed by atoms with E-state index >= 15 is 0 Å². The molecular weight excluding hydrogens is 482 g/mol. The van der Waals surface area contributed by atoms with Gasteiger partial charge in [-0.1, -0.05) is 25.3 Å². The minimum atomic E-state index is -0.811. The van der Waals surface area contributed by atoms with Crippen LogP contribution >= 0.6 is 0 Å². The maximum Gasteiger partial charge on any atom is 0.326 e. The highest BCUT2D eigenvalue weighted by molar-refractivity contribution is 5.79. The van der Waals surface area contributed by atoms with Crippen LogP contribution in [-0.4, -0.2) is 57.4 Å². The van der Waals surface area contributed by atoms with Gasteiger partial charge in [-0.05, 0) is 54.8 Å². The summed E-state index contributed by atoms with van der Waals surface area (Å²) in [4.78, 5) is 17.9. The van der Waals surface area contributed by atoms with Gasteiger partial charge < -0.3 is 24.8 Å². The van der Waals surface area contributed by atoms with Crippen molar-refractivity contribution in [3.63, 3.8) is 0 Å². The molecule has 38 heavy (non-hydrogen) atoms. The molecule has 0 amide bonds. The van der Waals surface area contributed by atoms with Gasteiger partial charge in [0.2, 0.25) is 0 Å². The van der Waals surface area contributed by atoms with Crippen LogP contribution in [0.25, 0.3) is 28.3 Å². The van der Waals surface area contributed by atoms with Crippen molar-refractivity contribution in [3.8, 4) is 22.8 Å². The zero-order valence-electron chi connectivity index (χ0n) is 21.3. The largest absolute Gasteiger partial charge is 0.493 e. The number of carboxylic acids is 1. The van der Waals surface area contributed by atoms with Crippen LogP contribution < -0.4 is 14.8 Å². The fraction of sp³-hybridized carbons (Fsp3) is 0.207. The minimum absolute atomic E-state index is 0.521. The number of methoxy groups -OCH3 is 2. The molecular formula is C29H29N5O4. The van der Waals surface area contributed by atoms with Gasteiger partial charge in [-0.25, -0.2) is 14.3 Å². The summed E-state index contributed by atoms with van der Waals surface area (Å²) in [5, 5.41) is 17.5. The van der Waals surface area contributed by atoms with E-state index in [0.29, 0.717) is 41.5 Å². The number of aromatic nitrogens is 3. The number of hydrogen-bond acceptors (Lipinski definition) is 7. The van der Waals surface area contributed by atoms with Crippen molar-refractivity contribution in [2.24, 2.45) is 0 Å². The second-order valence-corrected chi connectivity index (χ2v) is 9.02. The molecule has 1 fully saturated rings. The van der Waals surface area contributed by atoms with Crippen molar-refractivity contribution < 1.29 is 19.4 Å². The van der Waals surface area contributed by atoms with Gasteiger partial charge in [-0.3, -0.25) is 0 Å². The molecule has 5 rings (SSSR count). The molecule has 9 heteroatoms. The molecule has 1 saturated heterocycles. The summed E-state index contributed by atoms with van der Waals surface area (Å²) in [5.41, 5.74) is 6.13. The predicted molar refractivity (Wildman–Crippen MR) is 147 cm³/mol. The molecule has 3 heterocycles. The Kier molecular flexibility index (Phi) is 6.74. The fourth-order valence-corrected chi connectivity index (χ4v) is 4.75. The average molecular weight is 512 g/mol. The Labute approximate surface area is 220 Å². The maximum atomic E-state index is 11.6. The van der Waals surface area contributed by atoms with Crippen molar-refractivity contribution >= 4 is 28.7 Å². The van der Waals surface area contributed by atoms with E-state index in [4.69, 9.17) is 14.6 Å². The predicted octanol–water partition coefficient (Wildman–Crippen LogP) is 5.02. The summed E-state index contributed by atoms with van der Waals surface area (Å²) >= 11 is 0. The summed E-state index contributed by atoms with van der Waals surface area (Å²) in [6.07, 6.45) is 3.22. The molecule has 0 radical (unpaired) electrons. The van der Waals surface area contributed by atoms with E-state index in [1.807, 2.05) is 59.5 Å². The van der Waals surface area contributed by atoms with Crippen LogP contribution in [0.5, 0.6) is 11.5 Å². The Morgan fingerprint density at radius 1 is 1.05 bits per heavy atom. The molecule has 194 valence electrons. The normalized spacial score (nSPS) is 14.9. The SMILES string of the molecule is C=C(Nc1ccc(C(=C)N2CCC[C@H]2C(=O)O)cc1)c1cc2nccc(-c3ccc(OC)c(OC)c3)n2n1. The van der Waals surface area contributed by atoms with Gasteiger partial charge in [0.15, 0.2) is 17.1 Å². The first-order valence-electron chi connectivity index (χ1n) is 12.2. The molecule has 1 aliphatic heterocycles. The third kappa shape index (κ3) is 4.66. The summed E-state index contributed by atoms with van der Waals surface area (Å²) in [6, 6.07) is 16.6. The maximum absolute atomic E-state index is 11.6.